The number of nitrogens with zero attached hydrogens (tertiary/aromatic N) is 1. The number of carboxylic acid groups (broad SMARTS) is 1. The molecular weight excluding hydrogens is 250 g/mol. The highest BCUT2D eigenvalue weighted by atomic mass is 16.5. The van der Waals surface area contributed by atoms with Crippen molar-refractivity contribution in [2.45, 2.75) is 44.2 Å². The normalized spacial score (nSPS) is 26.8. The maximum absolute atomic E-state index is 11.9. The zero-order chi connectivity index (χ0) is 13.7. The summed E-state index contributed by atoms with van der Waals surface area (Å²) in [6, 6.07) is -0.648. The van der Waals surface area contributed by atoms with E-state index in [0.29, 0.717) is 26.2 Å². The SMILES string of the molecule is O=C(O)[C@H]1CCCN1C(=O)CCOC[C@H]1CCCO1. The van der Waals surface area contributed by atoms with Gasteiger partial charge in [0.05, 0.1) is 25.7 Å². The Kier molecular flexibility index (Phi) is 5.15. The van der Waals surface area contributed by atoms with E-state index in [4.69, 9.17) is 14.6 Å². The number of carboxylic acids is 1. The molecule has 108 valence electrons. The first-order chi connectivity index (χ1) is 9.18. The highest BCUT2D eigenvalue weighted by Crippen LogP contribution is 2.18. The summed E-state index contributed by atoms with van der Waals surface area (Å²) in [6.07, 6.45) is 3.81. The van der Waals surface area contributed by atoms with Crippen LogP contribution in [0.5, 0.6) is 0 Å². The molecule has 0 aromatic rings. The summed E-state index contributed by atoms with van der Waals surface area (Å²) in [6.45, 7) is 2.19. The number of hydrogen-bond donors (Lipinski definition) is 1. The molecule has 1 amide bonds. The minimum Gasteiger partial charge on any atom is -0.480 e. The van der Waals surface area contributed by atoms with E-state index >= 15 is 0 Å². The largest absolute Gasteiger partial charge is 0.480 e. The van der Waals surface area contributed by atoms with Crippen molar-refractivity contribution in [2.24, 2.45) is 0 Å². The lowest BCUT2D eigenvalue weighted by atomic mass is 10.2. The Morgan fingerprint density at radius 2 is 2.16 bits per heavy atom. The average Bonchev–Trinajstić information content (AvgIpc) is 3.04. The fourth-order valence-electron chi connectivity index (χ4n) is 2.62. The minimum atomic E-state index is -0.911. The molecule has 2 aliphatic rings. The molecule has 6 heteroatoms. The van der Waals surface area contributed by atoms with E-state index in [1.54, 1.807) is 0 Å². The molecule has 2 fully saturated rings. The highest BCUT2D eigenvalue weighted by molar-refractivity contribution is 5.84. The number of likely N-dealkylation sites (tertiary alicyclic amines) is 1. The molecule has 2 aliphatic heterocycles. The van der Waals surface area contributed by atoms with Crippen LogP contribution in [-0.2, 0) is 19.1 Å². The van der Waals surface area contributed by atoms with Gasteiger partial charge in [-0.2, -0.15) is 0 Å². The van der Waals surface area contributed by atoms with Crippen molar-refractivity contribution in [3.63, 3.8) is 0 Å². The number of carbonyl (C=O) groups is 2. The molecule has 2 heterocycles. The summed E-state index contributed by atoms with van der Waals surface area (Å²) < 4.78 is 10.8. The van der Waals surface area contributed by atoms with Crippen LogP contribution in [0.15, 0.2) is 0 Å². The maximum Gasteiger partial charge on any atom is 0.326 e. The number of aliphatic carboxylic acids is 1. The monoisotopic (exact) mass is 271 g/mol. The molecule has 2 saturated heterocycles. The number of amides is 1. The van der Waals surface area contributed by atoms with Crippen LogP contribution in [0.1, 0.15) is 32.1 Å². The number of hydrogen-bond acceptors (Lipinski definition) is 4. The molecule has 0 saturated carbocycles. The summed E-state index contributed by atoms with van der Waals surface area (Å²) in [5.74, 6) is -1.04. The Labute approximate surface area is 112 Å². The molecule has 2 rings (SSSR count). The van der Waals surface area contributed by atoms with Crippen LogP contribution < -0.4 is 0 Å². The van der Waals surface area contributed by atoms with Crippen LogP contribution in [-0.4, -0.2) is 60.4 Å². The van der Waals surface area contributed by atoms with Crippen molar-refractivity contribution in [3.8, 4) is 0 Å². The molecule has 0 bridgehead atoms. The standard InChI is InChI=1S/C13H21NO5/c15-12(14-6-1-4-11(14)13(16)17)5-8-18-9-10-3-2-7-19-10/h10-11H,1-9H2,(H,16,17)/t10-,11-/m1/s1. The average molecular weight is 271 g/mol. The van der Waals surface area contributed by atoms with Gasteiger partial charge < -0.3 is 19.5 Å². The third-order valence-corrected chi connectivity index (χ3v) is 3.65. The Balaban J connectivity index is 1.64. The van der Waals surface area contributed by atoms with E-state index in [1.807, 2.05) is 0 Å². The number of ether oxygens (including phenoxy) is 2. The zero-order valence-electron chi connectivity index (χ0n) is 11.0. The van der Waals surface area contributed by atoms with Crippen molar-refractivity contribution in [3.05, 3.63) is 0 Å². The van der Waals surface area contributed by atoms with Crippen LogP contribution in [0.2, 0.25) is 0 Å². The second-order valence-corrected chi connectivity index (χ2v) is 5.04. The molecule has 19 heavy (non-hydrogen) atoms. The molecule has 0 unspecified atom stereocenters. The molecule has 2 atom stereocenters. The third-order valence-electron chi connectivity index (χ3n) is 3.65. The van der Waals surface area contributed by atoms with Gasteiger partial charge in [0.25, 0.3) is 0 Å². The topological polar surface area (TPSA) is 76.1 Å². The van der Waals surface area contributed by atoms with Gasteiger partial charge in [0, 0.05) is 13.2 Å². The molecule has 0 aromatic heterocycles. The molecule has 0 spiro atoms. The van der Waals surface area contributed by atoms with Crippen molar-refractivity contribution >= 4 is 11.9 Å². The third kappa shape index (κ3) is 3.91. The van der Waals surface area contributed by atoms with Gasteiger partial charge >= 0.3 is 5.97 Å². The summed E-state index contributed by atoms with van der Waals surface area (Å²) in [5, 5.41) is 9.01. The number of rotatable bonds is 6. The van der Waals surface area contributed by atoms with E-state index in [1.165, 1.54) is 4.90 Å². The smallest absolute Gasteiger partial charge is 0.326 e. The Bertz CT molecular complexity index is 327. The lowest BCUT2D eigenvalue weighted by Crippen LogP contribution is -2.40. The van der Waals surface area contributed by atoms with Crippen molar-refractivity contribution < 1.29 is 24.2 Å². The van der Waals surface area contributed by atoms with Crippen LogP contribution in [0, 0.1) is 0 Å². The summed E-state index contributed by atoms with van der Waals surface area (Å²) in [5.41, 5.74) is 0. The predicted octanol–water partition coefficient (Wildman–Crippen LogP) is 0.648. The first kappa shape index (κ1) is 14.3. The predicted molar refractivity (Wildman–Crippen MR) is 66.8 cm³/mol. The van der Waals surface area contributed by atoms with Crippen molar-refractivity contribution in [1.29, 1.82) is 0 Å². The van der Waals surface area contributed by atoms with E-state index in [0.717, 1.165) is 25.9 Å². The second kappa shape index (κ2) is 6.86. The van der Waals surface area contributed by atoms with Gasteiger partial charge in [-0.3, -0.25) is 4.79 Å². The van der Waals surface area contributed by atoms with Crippen molar-refractivity contribution in [2.75, 3.05) is 26.4 Å². The molecule has 1 N–H and O–H groups in total. The van der Waals surface area contributed by atoms with Gasteiger partial charge in [0.2, 0.25) is 5.91 Å². The van der Waals surface area contributed by atoms with Gasteiger partial charge in [0.1, 0.15) is 6.04 Å². The maximum atomic E-state index is 11.9. The van der Waals surface area contributed by atoms with Gasteiger partial charge in [-0.05, 0) is 25.7 Å². The number of carbonyl (C=O) groups excluding carboxylic acids is 1. The van der Waals surface area contributed by atoms with E-state index < -0.39 is 12.0 Å². The molecule has 0 radical (unpaired) electrons. The minimum absolute atomic E-state index is 0.128. The van der Waals surface area contributed by atoms with Crippen molar-refractivity contribution in [1.82, 2.24) is 4.90 Å². The van der Waals surface area contributed by atoms with Gasteiger partial charge in [-0.1, -0.05) is 0 Å². The Hall–Kier alpha value is -1.14. The lowest BCUT2D eigenvalue weighted by Gasteiger charge is -2.21. The fraction of sp³-hybridized carbons (Fsp3) is 0.846. The molecule has 0 aliphatic carbocycles. The first-order valence-electron chi connectivity index (χ1n) is 6.90. The van der Waals surface area contributed by atoms with Gasteiger partial charge in [-0.15, -0.1) is 0 Å². The fourth-order valence-corrected chi connectivity index (χ4v) is 2.62. The first-order valence-corrected chi connectivity index (χ1v) is 6.90. The summed E-state index contributed by atoms with van der Waals surface area (Å²) >= 11 is 0. The summed E-state index contributed by atoms with van der Waals surface area (Å²) in [7, 11) is 0. The zero-order valence-corrected chi connectivity index (χ0v) is 11.0. The quantitative estimate of drug-likeness (QED) is 0.718. The summed E-state index contributed by atoms with van der Waals surface area (Å²) in [4.78, 5) is 24.3. The van der Waals surface area contributed by atoms with E-state index in [2.05, 4.69) is 0 Å². The van der Waals surface area contributed by atoms with Crippen LogP contribution in [0.3, 0.4) is 0 Å². The molecule has 6 nitrogen and oxygen atoms in total. The van der Waals surface area contributed by atoms with Gasteiger partial charge in [0.15, 0.2) is 0 Å². The molecule has 0 aromatic carbocycles. The molecular formula is C13H21NO5. The van der Waals surface area contributed by atoms with Crippen LogP contribution in [0.25, 0.3) is 0 Å². The van der Waals surface area contributed by atoms with Crippen LogP contribution in [0.4, 0.5) is 0 Å². The van der Waals surface area contributed by atoms with E-state index in [-0.39, 0.29) is 18.4 Å². The van der Waals surface area contributed by atoms with Crippen LogP contribution >= 0.6 is 0 Å². The van der Waals surface area contributed by atoms with Gasteiger partial charge in [-0.25, -0.2) is 4.79 Å². The highest BCUT2D eigenvalue weighted by Gasteiger charge is 2.33. The lowest BCUT2D eigenvalue weighted by molar-refractivity contribution is -0.148. The Morgan fingerprint density at radius 3 is 2.84 bits per heavy atom. The van der Waals surface area contributed by atoms with E-state index in [9.17, 15) is 9.59 Å². The second-order valence-electron chi connectivity index (χ2n) is 5.04. The Morgan fingerprint density at radius 1 is 1.32 bits per heavy atom.